The van der Waals surface area contributed by atoms with Crippen molar-refractivity contribution >= 4 is 33.2 Å². The van der Waals surface area contributed by atoms with E-state index in [1.807, 2.05) is 6.92 Å². The van der Waals surface area contributed by atoms with Crippen LogP contribution in [0.15, 0.2) is 61.2 Å². The van der Waals surface area contributed by atoms with Crippen molar-refractivity contribution < 1.29 is 18.0 Å². The van der Waals surface area contributed by atoms with Crippen LogP contribution in [-0.2, 0) is 14.8 Å². The van der Waals surface area contributed by atoms with Gasteiger partial charge in [0, 0.05) is 6.54 Å². The van der Waals surface area contributed by atoms with E-state index in [2.05, 4.69) is 17.2 Å². The van der Waals surface area contributed by atoms with Gasteiger partial charge in [0.2, 0.25) is 15.9 Å². The van der Waals surface area contributed by atoms with E-state index in [1.165, 1.54) is 0 Å². The van der Waals surface area contributed by atoms with Gasteiger partial charge in [-0.2, -0.15) is 0 Å². The molecule has 2 aromatic carbocycles. The Bertz CT molecular complexity index is 1020. The Labute approximate surface area is 177 Å². The number of nitrogens with zero attached hydrogens (tertiary/aromatic N) is 1. The Hall–Kier alpha value is -3.13. The zero-order valence-electron chi connectivity index (χ0n) is 17.4. The van der Waals surface area contributed by atoms with Gasteiger partial charge in [-0.15, -0.1) is 6.58 Å². The molecule has 0 radical (unpaired) electrons. The molecule has 0 saturated heterocycles. The minimum atomic E-state index is -3.74. The highest BCUT2D eigenvalue weighted by Crippen LogP contribution is 2.24. The highest BCUT2D eigenvalue weighted by Gasteiger charge is 2.32. The van der Waals surface area contributed by atoms with E-state index >= 15 is 0 Å². The first-order chi connectivity index (χ1) is 14.2. The second-order valence-electron chi connectivity index (χ2n) is 6.85. The molecular weight excluding hydrogens is 402 g/mol. The molecule has 2 aromatic rings. The van der Waals surface area contributed by atoms with Crippen LogP contribution in [0.1, 0.15) is 29.3 Å². The number of hydrogen-bond donors (Lipinski definition) is 2. The molecule has 0 fully saturated rings. The van der Waals surface area contributed by atoms with Crippen molar-refractivity contribution in [2.75, 3.05) is 22.4 Å². The number of amides is 2. The molecule has 0 aliphatic heterocycles. The van der Waals surface area contributed by atoms with Gasteiger partial charge in [-0.25, -0.2) is 8.42 Å². The summed E-state index contributed by atoms with van der Waals surface area (Å²) in [5.41, 5.74) is 1.97. The van der Waals surface area contributed by atoms with Crippen LogP contribution in [0.2, 0.25) is 0 Å². The van der Waals surface area contributed by atoms with Gasteiger partial charge in [-0.1, -0.05) is 42.8 Å². The number of aryl methyl sites for hydroxylation is 1. The van der Waals surface area contributed by atoms with Crippen LogP contribution >= 0.6 is 0 Å². The van der Waals surface area contributed by atoms with Crippen molar-refractivity contribution in [2.24, 2.45) is 0 Å². The molecule has 7 nitrogen and oxygen atoms in total. The summed E-state index contributed by atoms with van der Waals surface area (Å²) in [6.45, 7) is 7.48. The number of para-hydroxylation sites is 1. The molecule has 0 saturated carbocycles. The average Bonchev–Trinajstić information content (AvgIpc) is 2.70. The summed E-state index contributed by atoms with van der Waals surface area (Å²) >= 11 is 0. The first-order valence-corrected chi connectivity index (χ1v) is 11.4. The number of benzene rings is 2. The van der Waals surface area contributed by atoms with Gasteiger partial charge in [0.05, 0.1) is 23.2 Å². The van der Waals surface area contributed by atoms with Crippen LogP contribution in [0.4, 0.5) is 11.4 Å². The summed E-state index contributed by atoms with van der Waals surface area (Å²) in [5.74, 6) is -0.884. The molecule has 1 atom stereocenters. The number of anilines is 2. The first-order valence-electron chi connectivity index (χ1n) is 9.54. The minimum absolute atomic E-state index is 0.248. The summed E-state index contributed by atoms with van der Waals surface area (Å²) in [5, 5.41) is 5.39. The molecule has 0 aliphatic rings. The zero-order chi connectivity index (χ0) is 22.3. The molecule has 0 unspecified atom stereocenters. The molecule has 0 aromatic heterocycles. The molecule has 0 aliphatic carbocycles. The Morgan fingerprint density at radius 1 is 1.13 bits per heavy atom. The summed E-state index contributed by atoms with van der Waals surface area (Å²) in [6.07, 6.45) is 2.87. The lowest BCUT2D eigenvalue weighted by molar-refractivity contribution is -0.117. The molecule has 2 amide bonds. The maximum absolute atomic E-state index is 13.1. The fourth-order valence-corrected chi connectivity index (χ4v) is 4.23. The quantitative estimate of drug-likeness (QED) is 0.599. The molecule has 2 N–H and O–H groups in total. The summed E-state index contributed by atoms with van der Waals surface area (Å²) < 4.78 is 26.2. The number of carbonyl (C=O) groups is 2. The molecular formula is C22H27N3O4S. The van der Waals surface area contributed by atoms with E-state index in [0.717, 1.165) is 16.1 Å². The van der Waals surface area contributed by atoms with Crippen molar-refractivity contribution in [2.45, 2.75) is 26.3 Å². The number of nitrogens with one attached hydrogen (secondary N) is 2. The second kappa shape index (κ2) is 10.1. The molecule has 0 bridgehead atoms. The van der Waals surface area contributed by atoms with E-state index in [1.54, 1.807) is 61.5 Å². The Morgan fingerprint density at radius 3 is 2.33 bits per heavy atom. The summed E-state index contributed by atoms with van der Waals surface area (Å²) in [4.78, 5) is 25.5. The third-order valence-corrected chi connectivity index (χ3v) is 5.63. The van der Waals surface area contributed by atoms with Gasteiger partial charge in [0.1, 0.15) is 6.04 Å². The van der Waals surface area contributed by atoms with E-state index in [0.29, 0.717) is 11.4 Å². The molecule has 0 spiro atoms. The van der Waals surface area contributed by atoms with E-state index < -0.39 is 22.0 Å². The summed E-state index contributed by atoms with van der Waals surface area (Å²) in [7, 11) is -3.74. The first kappa shape index (κ1) is 23.2. The van der Waals surface area contributed by atoms with Crippen molar-refractivity contribution in [3.8, 4) is 0 Å². The number of sulfonamides is 1. The van der Waals surface area contributed by atoms with Crippen LogP contribution < -0.4 is 14.9 Å². The Morgan fingerprint density at radius 2 is 1.77 bits per heavy atom. The monoisotopic (exact) mass is 429 g/mol. The topological polar surface area (TPSA) is 95.6 Å². The molecule has 2 rings (SSSR count). The van der Waals surface area contributed by atoms with Crippen molar-refractivity contribution in [1.29, 1.82) is 0 Å². The number of carbonyl (C=O) groups excluding carboxylic acids is 2. The van der Waals surface area contributed by atoms with Gasteiger partial charge < -0.3 is 10.6 Å². The van der Waals surface area contributed by atoms with E-state index in [-0.39, 0.29) is 24.4 Å². The van der Waals surface area contributed by atoms with Crippen molar-refractivity contribution in [3.63, 3.8) is 0 Å². The van der Waals surface area contributed by atoms with Crippen molar-refractivity contribution in [3.05, 3.63) is 72.3 Å². The average molecular weight is 430 g/mol. The van der Waals surface area contributed by atoms with Crippen LogP contribution in [0.5, 0.6) is 0 Å². The molecule has 30 heavy (non-hydrogen) atoms. The largest absolute Gasteiger partial charge is 0.349 e. The number of hydrogen-bond acceptors (Lipinski definition) is 4. The fourth-order valence-electron chi connectivity index (χ4n) is 3.02. The zero-order valence-corrected chi connectivity index (χ0v) is 18.2. The highest BCUT2D eigenvalue weighted by molar-refractivity contribution is 7.92. The maximum Gasteiger partial charge on any atom is 0.253 e. The Kier molecular flexibility index (Phi) is 7.77. The Balaban J connectivity index is 2.37. The third-order valence-electron chi connectivity index (χ3n) is 4.45. The van der Waals surface area contributed by atoms with Gasteiger partial charge >= 0.3 is 0 Å². The van der Waals surface area contributed by atoms with Gasteiger partial charge in [0.15, 0.2) is 0 Å². The third kappa shape index (κ3) is 5.70. The van der Waals surface area contributed by atoms with Gasteiger partial charge in [-0.05, 0) is 37.6 Å². The van der Waals surface area contributed by atoms with E-state index in [9.17, 15) is 18.0 Å². The van der Waals surface area contributed by atoms with Gasteiger partial charge in [0.25, 0.3) is 5.91 Å². The second-order valence-corrected chi connectivity index (χ2v) is 8.71. The van der Waals surface area contributed by atoms with E-state index in [4.69, 9.17) is 0 Å². The standard InChI is InChI=1S/C22H27N3O4S/c1-5-15-23-21(26)18-9-7-8-10-19(18)24-22(27)20(6-2)25(30(4,28)29)17-13-11-16(3)12-14-17/h5,7-14,20H,1,6,15H2,2-4H3,(H,23,26)(H,24,27)/t20-/m0/s1. The fraction of sp³-hybridized carbons (Fsp3) is 0.273. The van der Waals surface area contributed by atoms with Crippen LogP contribution in [0.25, 0.3) is 0 Å². The van der Waals surface area contributed by atoms with Crippen LogP contribution in [-0.4, -0.2) is 39.1 Å². The SMILES string of the molecule is C=CCNC(=O)c1ccccc1NC(=O)[C@H](CC)N(c1ccc(C)cc1)S(C)(=O)=O. The molecule has 0 heterocycles. The van der Waals surface area contributed by atoms with Crippen molar-refractivity contribution in [1.82, 2.24) is 5.32 Å². The lowest BCUT2D eigenvalue weighted by atomic mass is 10.1. The maximum atomic E-state index is 13.1. The lowest BCUT2D eigenvalue weighted by Crippen LogP contribution is -2.47. The lowest BCUT2D eigenvalue weighted by Gasteiger charge is -2.30. The predicted molar refractivity (Wildman–Crippen MR) is 120 cm³/mol. The molecule has 8 heteroatoms. The van der Waals surface area contributed by atoms with Crippen LogP contribution in [0.3, 0.4) is 0 Å². The smallest absolute Gasteiger partial charge is 0.253 e. The molecule has 160 valence electrons. The predicted octanol–water partition coefficient (Wildman–Crippen LogP) is 3.09. The minimum Gasteiger partial charge on any atom is -0.349 e. The highest BCUT2D eigenvalue weighted by atomic mass is 32.2. The van der Waals surface area contributed by atoms with Crippen LogP contribution in [0, 0.1) is 6.92 Å². The van der Waals surface area contributed by atoms with Gasteiger partial charge in [-0.3, -0.25) is 13.9 Å². The summed E-state index contributed by atoms with van der Waals surface area (Å²) in [6, 6.07) is 12.5. The normalized spacial score (nSPS) is 12.0. The number of rotatable bonds is 9.